The third kappa shape index (κ3) is 2.23. The molecule has 20 heavy (non-hydrogen) atoms. The van der Waals surface area contributed by atoms with E-state index in [9.17, 15) is 0 Å². The molecule has 0 aliphatic carbocycles. The first-order valence-corrected chi connectivity index (χ1v) is 7.06. The van der Waals surface area contributed by atoms with E-state index in [4.69, 9.17) is 4.42 Å². The molecule has 4 nitrogen and oxygen atoms in total. The zero-order chi connectivity index (χ0) is 13.9. The molecule has 3 aromatic rings. The molecule has 0 saturated carbocycles. The number of fused-ring (bicyclic) bond motifs is 1. The average Bonchev–Trinajstić information content (AvgIpc) is 3.10. The van der Waals surface area contributed by atoms with Gasteiger partial charge >= 0.3 is 0 Å². The molecule has 2 heterocycles. The van der Waals surface area contributed by atoms with Crippen LogP contribution in [0, 0.1) is 0 Å². The molecule has 2 aromatic heterocycles. The Labute approximate surface area is 118 Å². The van der Waals surface area contributed by atoms with Gasteiger partial charge in [-0.2, -0.15) is 0 Å². The minimum atomic E-state index is -0.0117. The molecular weight excluding hydrogens is 250 g/mol. The fourth-order valence-corrected chi connectivity index (χ4v) is 2.52. The van der Waals surface area contributed by atoms with Crippen molar-refractivity contribution in [3.63, 3.8) is 0 Å². The predicted octanol–water partition coefficient (Wildman–Crippen LogP) is 3.35. The topological polar surface area (TPSA) is 43.0 Å². The van der Waals surface area contributed by atoms with Gasteiger partial charge in [0.05, 0.1) is 0 Å². The summed E-state index contributed by atoms with van der Waals surface area (Å²) in [7, 11) is 0. The second kappa shape index (κ2) is 5.51. The van der Waals surface area contributed by atoms with Gasteiger partial charge in [0.2, 0.25) is 0 Å². The van der Waals surface area contributed by atoms with Crippen LogP contribution in [0.1, 0.15) is 31.5 Å². The first-order valence-electron chi connectivity index (χ1n) is 7.06. The van der Waals surface area contributed by atoms with Gasteiger partial charge in [-0.15, -0.1) is 0 Å². The maximum Gasteiger partial charge on any atom is 0.134 e. The summed E-state index contributed by atoms with van der Waals surface area (Å²) in [5.41, 5.74) is 0.917. The molecule has 4 heteroatoms. The average molecular weight is 269 g/mol. The Kier molecular flexibility index (Phi) is 3.56. The van der Waals surface area contributed by atoms with Crippen LogP contribution in [0.15, 0.2) is 47.1 Å². The molecule has 0 spiro atoms. The first kappa shape index (κ1) is 12.9. The Morgan fingerprint density at radius 2 is 2.15 bits per heavy atom. The van der Waals surface area contributed by atoms with Gasteiger partial charge in [0.25, 0.3) is 0 Å². The van der Waals surface area contributed by atoms with Crippen LogP contribution in [-0.4, -0.2) is 16.1 Å². The summed E-state index contributed by atoms with van der Waals surface area (Å²) in [5, 5.41) is 4.58. The summed E-state index contributed by atoms with van der Waals surface area (Å²) in [5.74, 6) is 1.90. The second-order valence-corrected chi connectivity index (χ2v) is 4.75. The zero-order valence-corrected chi connectivity index (χ0v) is 11.8. The van der Waals surface area contributed by atoms with Crippen LogP contribution < -0.4 is 5.32 Å². The fraction of sp³-hybridized carbons (Fsp3) is 0.312. The molecule has 0 saturated heterocycles. The predicted molar refractivity (Wildman–Crippen MR) is 79.6 cm³/mol. The lowest BCUT2D eigenvalue weighted by Gasteiger charge is -2.16. The monoisotopic (exact) mass is 269 g/mol. The van der Waals surface area contributed by atoms with Crippen molar-refractivity contribution in [1.82, 2.24) is 14.9 Å². The highest BCUT2D eigenvalue weighted by molar-refractivity contribution is 5.77. The molecule has 1 unspecified atom stereocenters. The van der Waals surface area contributed by atoms with Crippen molar-refractivity contribution in [1.29, 1.82) is 0 Å². The van der Waals surface area contributed by atoms with Gasteiger partial charge in [0.1, 0.15) is 23.2 Å². The third-order valence-electron chi connectivity index (χ3n) is 3.48. The third-order valence-corrected chi connectivity index (χ3v) is 3.48. The number of hydrogen-bond acceptors (Lipinski definition) is 3. The maximum atomic E-state index is 5.99. The summed E-state index contributed by atoms with van der Waals surface area (Å²) in [6, 6.07) is 10.2. The highest BCUT2D eigenvalue weighted by Gasteiger charge is 2.21. The molecule has 0 aliphatic heterocycles. The van der Waals surface area contributed by atoms with Crippen LogP contribution in [0.2, 0.25) is 0 Å². The number of aromatic nitrogens is 2. The molecule has 1 N–H and O–H groups in total. The first-order chi connectivity index (χ1) is 9.83. The number of rotatable bonds is 5. The van der Waals surface area contributed by atoms with Crippen LogP contribution in [-0.2, 0) is 6.54 Å². The van der Waals surface area contributed by atoms with E-state index in [1.54, 1.807) is 0 Å². The number of benzene rings is 1. The van der Waals surface area contributed by atoms with E-state index in [0.717, 1.165) is 35.6 Å². The van der Waals surface area contributed by atoms with E-state index in [0.29, 0.717) is 0 Å². The number of aryl methyl sites for hydroxylation is 1. The Morgan fingerprint density at radius 1 is 1.30 bits per heavy atom. The molecular formula is C16H19N3O. The van der Waals surface area contributed by atoms with E-state index in [-0.39, 0.29) is 6.04 Å². The Balaban J connectivity index is 2.05. The lowest BCUT2D eigenvalue weighted by Crippen LogP contribution is -2.24. The van der Waals surface area contributed by atoms with Crippen molar-refractivity contribution < 1.29 is 4.42 Å². The molecule has 1 aromatic carbocycles. The van der Waals surface area contributed by atoms with Crippen LogP contribution >= 0.6 is 0 Å². The Hall–Kier alpha value is -2.07. The van der Waals surface area contributed by atoms with Crippen LogP contribution in [0.4, 0.5) is 0 Å². The Bertz CT molecular complexity index is 665. The minimum Gasteiger partial charge on any atom is -0.459 e. The molecule has 0 fully saturated rings. The minimum absolute atomic E-state index is 0.0117. The Morgan fingerprint density at radius 3 is 2.90 bits per heavy atom. The van der Waals surface area contributed by atoms with Crippen molar-refractivity contribution in [2.24, 2.45) is 0 Å². The SMILES string of the molecule is CCNC(c1cc2ccccc2o1)c1nccn1CC. The highest BCUT2D eigenvalue weighted by atomic mass is 16.3. The van der Waals surface area contributed by atoms with Gasteiger partial charge in [-0.3, -0.25) is 0 Å². The van der Waals surface area contributed by atoms with E-state index < -0.39 is 0 Å². The number of imidazole rings is 1. The largest absolute Gasteiger partial charge is 0.459 e. The van der Waals surface area contributed by atoms with E-state index in [1.165, 1.54) is 0 Å². The van der Waals surface area contributed by atoms with Crippen LogP contribution in [0.5, 0.6) is 0 Å². The molecule has 1 atom stereocenters. The lowest BCUT2D eigenvalue weighted by molar-refractivity contribution is 0.452. The number of nitrogens with zero attached hydrogens (tertiary/aromatic N) is 2. The van der Waals surface area contributed by atoms with E-state index >= 15 is 0 Å². The molecule has 0 bridgehead atoms. The number of nitrogens with one attached hydrogen (secondary N) is 1. The maximum absolute atomic E-state index is 5.99. The van der Waals surface area contributed by atoms with Crippen molar-refractivity contribution in [3.05, 3.63) is 54.3 Å². The summed E-state index contributed by atoms with van der Waals surface area (Å²) < 4.78 is 8.13. The van der Waals surface area contributed by atoms with Crippen LogP contribution in [0.3, 0.4) is 0 Å². The van der Waals surface area contributed by atoms with E-state index in [1.807, 2.05) is 30.6 Å². The molecule has 0 amide bonds. The normalized spacial score (nSPS) is 12.9. The van der Waals surface area contributed by atoms with Crippen molar-refractivity contribution in [2.75, 3.05) is 6.54 Å². The van der Waals surface area contributed by atoms with Crippen molar-refractivity contribution >= 4 is 11.0 Å². The summed E-state index contributed by atoms with van der Waals surface area (Å²) >= 11 is 0. The quantitative estimate of drug-likeness (QED) is 0.772. The standard InChI is InChI=1S/C16H19N3O/c1-3-17-15(16-18-9-10-19(16)4-2)14-11-12-7-5-6-8-13(12)20-14/h5-11,15,17H,3-4H2,1-2H3. The molecule has 0 aliphatic rings. The summed E-state index contributed by atoms with van der Waals surface area (Å²) in [6.07, 6.45) is 3.84. The van der Waals surface area contributed by atoms with Gasteiger partial charge in [0.15, 0.2) is 0 Å². The van der Waals surface area contributed by atoms with E-state index in [2.05, 4.69) is 40.8 Å². The zero-order valence-electron chi connectivity index (χ0n) is 11.8. The number of hydrogen-bond donors (Lipinski definition) is 1. The van der Waals surface area contributed by atoms with Gasteiger partial charge in [-0.1, -0.05) is 25.1 Å². The highest BCUT2D eigenvalue weighted by Crippen LogP contribution is 2.27. The summed E-state index contributed by atoms with van der Waals surface area (Å²) in [6.45, 7) is 5.97. The fourth-order valence-electron chi connectivity index (χ4n) is 2.52. The van der Waals surface area contributed by atoms with Crippen molar-refractivity contribution in [2.45, 2.75) is 26.4 Å². The smallest absolute Gasteiger partial charge is 0.134 e. The molecule has 3 rings (SSSR count). The second-order valence-electron chi connectivity index (χ2n) is 4.75. The van der Waals surface area contributed by atoms with Gasteiger partial charge in [-0.25, -0.2) is 4.98 Å². The summed E-state index contributed by atoms with van der Waals surface area (Å²) in [4.78, 5) is 4.49. The number of furan rings is 1. The van der Waals surface area contributed by atoms with Crippen molar-refractivity contribution in [3.8, 4) is 0 Å². The number of para-hydroxylation sites is 1. The lowest BCUT2D eigenvalue weighted by atomic mass is 10.2. The molecule has 0 radical (unpaired) electrons. The molecule has 104 valence electrons. The van der Waals surface area contributed by atoms with Gasteiger partial charge in [-0.05, 0) is 25.6 Å². The van der Waals surface area contributed by atoms with Gasteiger partial charge in [0, 0.05) is 24.3 Å². The van der Waals surface area contributed by atoms with Crippen LogP contribution in [0.25, 0.3) is 11.0 Å². The van der Waals surface area contributed by atoms with Gasteiger partial charge < -0.3 is 14.3 Å².